The summed E-state index contributed by atoms with van der Waals surface area (Å²) in [5, 5.41) is 6.95. The zero-order chi connectivity index (χ0) is 13.1. The Morgan fingerprint density at radius 3 is 2.94 bits per heavy atom. The van der Waals surface area contributed by atoms with Crippen LogP contribution in [-0.2, 0) is 0 Å². The second-order valence-electron chi connectivity index (χ2n) is 4.45. The summed E-state index contributed by atoms with van der Waals surface area (Å²) in [6, 6.07) is 5.31. The first-order valence-corrected chi connectivity index (χ1v) is 5.83. The zero-order valence-electron chi connectivity index (χ0n) is 10.4. The Hall–Kier alpha value is -2.28. The van der Waals surface area contributed by atoms with Crippen LogP contribution in [0.4, 0.5) is 0 Å². The largest absolute Gasteiger partial charge is 0.338 e. The number of rotatable bonds is 3. The molecule has 2 heterocycles. The third kappa shape index (κ3) is 2.21. The van der Waals surface area contributed by atoms with Crippen molar-refractivity contribution >= 4 is 11.4 Å². The number of nitrogens with one attached hydrogen (secondary N) is 1. The van der Waals surface area contributed by atoms with E-state index < -0.39 is 0 Å². The molecule has 0 aliphatic rings. The molecular formula is C14H15N3O. The summed E-state index contributed by atoms with van der Waals surface area (Å²) in [4.78, 5) is 12.1. The maximum Gasteiger partial charge on any atom is 0.256 e. The molecule has 0 saturated carbocycles. The highest BCUT2D eigenvalue weighted by molar-refractivity contribution is 6.00. The Balaban J connectivity index is 2.27. The van der Waals surface area contributed by atoms with Gasteiger partial charge in [-0.3, -0.25) is 4.79 Å². The molecule has 18 heavy (non-hydrogen) atoms. The first-order chi connectivity index (χ1) is 8.63. The molecule has 1 N–H and O–H groups in total. The van der Waals surface area contributed by atoms with Crippen LogP contribution in [0, 0.1) is 18.3 Å². The van der Waals surface area contributed by atoms with Crippen molar-refractivity contribution in [2.24, 2.45) is 5.92 Å². The maximum atomic E-state index is 12.1. The van der Waals surface area contributed by atoms with Gasteiger partial charge in [0.15, 0.2) is 0 Å². The van der Waals surface area contributed by atoms with Gasteiger partial charge in [-0.25, -0.2) is 4.52 Å². The van der Waals surface area contributed by atoms with Crippen molar-refractivity contribution < 1.29 is 4.79 Å². The van der Waals surface area contributed by atoms with E-state index in [4.69, 9.17) is 6.42 Å². The molecular weight excluding hydrogens is 226 g/mol. The Bertz CT molecular complexity index is 607. The zero-order valence-corrected chi connectivity index (χ0v) is 10.4. The molecule has 1 amide bonds. The smallest absolute Gasteiger partial charge is 0.256 e. The van der Waals surface area contributed by atoms with Crippen molar-refractivity contribution in [1.82, 2.24) is 14.9 Å². The summed E-state index contributed by atoms with van der Waals surface area (Å²) in [5.41, 5.74) is 1.31. The van der Waals surface area contributed by atoms with Crippen LogP contribution in [0.1, 0.15) is 24.2 Å². The van der Waals surface area contributed by atoms with Crippen molar-refractivity contribution in [3.05, 3.63) is 36.2 Å². The number of amides is 1. The van der Waals surface area contributed by atoms with Crippen LogP contribution in [0.15, 0.2) is 30.6 Å². The molecule has 2 rings (SSSR count). The van der Waals surface area contributed by atoms with E-state index in [1.54, 1.807) is 16.9 Å². The van der Waals surface area contributed by atoms with Gasteiger partial charge in [-0.05, 0) is 18.1 Å². The van der Waals surface area contributed by atoms with Crippen molar-refractivity contribution in [2.75, 3.05) is 0 Å². The van der Waals surface area contributed by atoms with Crippen LogP contribution < -0.4 is 5.32 Å². The minimum Gasteiger partial charge on any atom is -0.338 e. The number of nitrogens with zero attached hydrogens (tertiary/aromatic N) is 2. The van der Waals surface area contributed by atoms with E-state index in [0.29, 0.717) is 5.56 Å². The first kappa shape index (κ1) is 12.2. The summed E-state index contributed by atoms with van der Waals surface area (Å²) in [6.45, 7) is 3.95. The number of fused-ring (bicyclic) bond motifs is 1. The fourth-order valence-electron chi connectivity index (χ4n) is 1.73. The van der Waals surface area contributed by atoms with Crippen molar-refractivity contribution in [2.45, 2.75) is 19.9 Å². The Morgan fingerprint density at radius 1 is 1.50 bits per heavy atom. The molecule has 4 heteroatoms. The van der Waals surface area contributed by atoms with Crippen LogP contribution in [0.3, 0.4) is 0 Å². The molecule has 0 aliphatic carbocycles. The number of hydrogen-bond acceptors (Lipinski definition) is 2. The summed E-state index contributed by atoms with van der Waals surface area (Å²) in [5.74, 6) is 2.59. The molecule has 0 saturated heterocycles. The lowest BCUT2D eigenvalue weighted by Crippen LogP contribution is -2.37. The molecule has 4 nitrogen and oxygen atoms in total. The molecule has 0 spiro atoms. The molecule has 92 valence electrons. The van der Waals surface area contributed by atoms with Crippen LogP contribution in [0.25, 0.3) is 5.52 Å². The molecule has 1 unspecified atom stereocenters. The molecule has 0 aromatic carbocycles. The molecule has 0 radical (unpaired) electrons. The monoisotopic (exact) mass is 241 g/mol. The van der Waals surface area contributed by atoms with E-state index in [-0.39, 0.29) is 17.9 Å². The van der Waals surface area contributed by atoms with Crippen LogP contribution in [-0.4, -0.2) is 21.6 Å². The van der Waals surface area contributed by atoms with Crippen LogP contribution in [0.2, 0.25) is 0 Å². The lowest BCUT2D eigenvalue weighted by Gasteiger charge is -2.15. The standard InChI is InChI=1S/C14H15N3O/c1-4-12(10(2)3)16-14(18)11-9-15-17-8-6-5-7-13(11)17/h1,5-10,12H,2-3H3,(H,16,18). The second-order valence-corrected chi connectivity index (χ2v) is 4.45. The minimum absolute atomic E-state index is 0.187. The highest BCUT2D eigenvalue weighted by Gasteiger charge is 2.17. The van der Waals surface area contributed by atoms with Gasteiger partial charge >= 0.3 is 0 Å². The van der Waals surface area contributed by atoms with Gasteiger partial charge < -0.3 is 5.32 Å². The van der Waals surface area contributed by atoms with E-state index in [9.17, 15) is 4.79 Å². The highest BCUT2D eigenvalue weighted by Crippen LogP contribution is 2.10. The predicted molar refractivity (Wildman–Crippen MR) is 70.1 cm³/mol. The van der Waals surface area contributed by atoms with Gasteiger partial charge in [0.1, 0.15) is 0 Å². The van der Waals surface area contributed by atoms with E-state index in [0.717, 1.165) is 5.52 Å². The number of carbonyl (C=O) groups is 1. The van der Waals surface area contributed by atoms with E-state index in [2.05, 4.69) is 16.3 Å². The Morgan fingerprint density at radius 2 is 2.28 bits per heavy atom. The van der Waals surface area contributed by atoms with Crippen molar-refractivity contribution in [3.63, 3.8) is 0 Å². The van der Waals surface area contributed by atoms with Crippen LogP contribution in [0.5, 0.6) is 0 Å². The number of carbonyl (C=O) groups excluding carboxylic acids is 1. The van der Waals surface area contributed by atoms with E-state index in [1.807, 2.05) is 32.0 Å². The number of hydrogen-bond donors (Lipinski definition) is 1. The predicted octanol–water partition coefficient (Wildman–Crippen LogP) is 1.72. The Kier molecular flexibility index (Phi) is 3.33. The topological polar surface area (TPSA) is 46.4 Å². The third-order valence-electron chi connectivity index (χ3n) is 2.80. The maximum absolute atomic E-state index is 12.1. The average molecular weight is 241 g/mol. The quantitative estimate of drug-likeness (QED) is 0.832. The highest BCUT2D eigenvalue weighted by atomic mass is 16.1. The first-order valence-electron chi connectivity index (χ1n) is 5.83. The normalized spacial score (nSPS) is 12.3. The van der Waals surface area contributed by atoms with E-state index in [1.165, 1.54) is 0 Å². The molecule has 0 bridgehead atoms. The number of pyridine rings is 1. The van der Waals surface area contributed by atoms with Gasteiger partial charge in [-0.1, -0.05) is 25.8 Å². The lowest BCUT2D eigenvalue weighted by atomic mass is 10.1. The number of aromatic nitrogens is 2. The average Bonchev–Trinajstić information content (AvgIpc) is 2.79. The van der Waals surface area contributed by atoms with Gasteiger partial charge in [0.2, 0.25) is 0 Å². The van der Waals surface area contributed by atoms with Crippen molar-refractivity contribution in [3.8, 4) is 12.3 Å². The van der Waals surface area contributed by atoms with Crippen molar-refractivity contribution in [1.29, 1.82) is 0 Å². The fraction of sp³-hybridized carbons (Fsp3) is 0.286. The SMILES string of the molecule is C#CC(NC(=O)c1cnn2ccccc12)C(C)C. The number of terminal acetylenes is 1. The van der Waals surface area contributed by atoms with Crippen LogP contribution >= 0.6 is 0 Å². The fourth-order valence-corrected chi connectivity index (χ4v) is 1.73. The Labute approximate surface area is 106 Å². The van der Waals surface area contributed by atoms with E-state index >= 15 is 0 Å². The summed E-state index contributed by atoms with van der Waals surface area (Å²) < 4.78 is 1.66. The van der Waals surface area contributed by atoms with Gasteiger partial charge in [-0.15, -0.1) is 6.42 Å². The second kappa shape index (κ2) is 4.92. The minimum atomic E-state index is -0.267. The molecule has 0 fully saturated rings. The third-order valence-corrected chi connectivity index (χ3v) is 2.80. The van der Waals surface area contributed by atoms with Gasteiger partial charge in [0.25, 0.3) is 5.91 Å². The summed E-state index contributed by atoms with van der Waals surface area (Å²) >= 11 is 0. The summed E-state index contributed by atoms with van der Waals surface area (Å²) in [6.07, 6.45) is 8.76. The molecule has 2 aromatic heterocycles. The molecule has 1 atom stereocenters. The van der Waals surface area contributed by atoms with Gasteiger partial charge in [0.05, 0.1) is 23.3 Å². The lowest BCUT2D eigenvalue weighted by molar-refractivity contribution is 0.0939. The molecule has 0 aliphatic heterocycles. The van der Waals surface area contributed by atoms with Gasteiger partial charge in [0, 0.05) is 6.20 Å². The van der Waals surface area contributed by atoms with Gasteiger partial charge in [-0.2, -0.15) is 5.10 Å². The molecule has 2 aromatic rings. The summed E-state index contributed by atoms with van der Waals surface area (Å²) in [7, 11) is 0.